The molecule has 0 bridgehead atoms. The summed E-state index contributed by atoms with van der Waals surface area (Å²) in [4.78, 5) is 13.2. The van der Waals surface area contributed by atoms with Crippen molar-refractivity contribution in [1.29, 1.82) is 10.5 Å². The van der Waals surface area contributed by atoms with Gasteiger partial charge in [-0.05, 0) is 37.1 Å². The summed E-state index contributed by atoms with van der Waals surface area (Å²) in [5.41, 5.74) is 9.58. The van der Waals surface area contributed by atoms with E-state index in [2.05, 4.69) is 32.4 Å². The Labute approximate surface area is 215 Å². The maximum Gasteiger partial charge on any atom is 0.187 e. The Bertz CT molecular complexity index is 1460. The molecule has 0 radical (unpaired) electrons. The first-order valence-corrected chi connectivity index (χ1v) is 12.7. The number of aliphatic hydroxyl groups is 1. The predicted octanol–water partition coefficient (Wildman–Crippen LogP) is 5.03. The van der Waals surface area contributed by atoms with Crippen molar-refractivity contribution >= 4 is 39.7 Å². The van der Waals surface area contributed by atoms with Crippen molar-refractivity contribution < 1.29 is 9.50 Å². The molecule has 1 aromatic carbocycles. The highest BCUT2D eigenvalue weighted by Crippen LogP contribution is 2.36. The Morgan fingerprint density at radius 1 is 1.11 bits per heavy atom. The SMILES string of the molecule is N#Cc1c(N)nc(SCc2csc(Nc3cccc(F)c3)n2)c(C#N)c1-c1ccc(CCCO)nc1. The van der Waals surface area contributed by atoms with E-state index in [1.54, 1.807) is 30.5 Å². The highest BCUT2D eigenvalue weighted by atomic mass is 32.2. The van der Waals surface area contributed by atoms with Gasteiger partial charge in [-0.1, -0.05) is 23.9 Å². The smallest absolute Gasteiger partial charge is 0.187 e. The maximum atomic E-state index is 13.4. The molecule has 4 aromatic rings. The number of aryl methyl sites for hydroxylation is 1. The van der Waals surface area contributed by atoms with Crippen LogP contribution in [0.25, 0.3) is 11.1 Å². The van der Waals surface area contributed by atoms with Crippen LogP contribution in [0.2, 0.25) is 0 Å². The van der Waals surface area contributed by atoms with Crippen molar-refractivity contribution in [1.82, 2.24) is 15.0 Å². The van der Waals surface area contributed by atoms with Crippen molar-refractivity contribution in [2.75, 3.05) is 17.7 Å². The lowest BCUT2D eigenvalue weighted by Crippen LogP contribution is -2.04. The van der Waals surface area contributed by atoms with Crippen LogP contribution >= 0.6 is 23.1 Å². The molecule has 0 spiro atoms. The molecule has 0 aliphatic heterocycles. The second-order valence-corrected chi connectivity index (χ2v) is 9.41. The summed E-state index contributed by atoms with van der Waals surface area (Å²) in [6.07, 6.45) is 2.82. The van der Waals surface area contributed by atoms with E-state index in [9.17, 15) is 14.9 Å². The first kappa shape index (κ1) is 25.1. The van der Waals surface area contributed by atoms with Gasteiger partial charge < -0.3 is 16.2 Å². The molecular formula is C25H20FN7OS2. The van der Waals surface area contributed by atoms with Crippen LogP contribution in [0.4, 0.5) is 21.0 Å². The molecule has 36 heavy (non-hydrogen) atoms. The second kappa shape index (κ2) is 11.6. The fourth-order valence-corrected chi connectivity index (χ4v) is 5.16. The van der Waals surface area contributed by atoms with Crippen molar-refractivity contribution in [3.05, 3.63) is 76.3 Å². The molecule has 0 aliphatic rings. The van der Waals surface area contributed by atoms with Crippen LogP contribution in [0.15, 0.2) is 53.0 Å². The summed E-state index contributed by atoms with van der Waals surface area (Å²) in [5, 5.41) is 34.7. The number of nitrogen functional groups attached to an aromatic ring is 1. The predicted molar refractivity (Wildman–Crippen MR) is 138 cm³/mol. The first-order valence-electron chi connectivity index (χ1n) is 10.8. The van der Waals surface area contributed by atoms with E-state index < -0.39 is 0 Å². The molecule has 4 N–H and O–H groups in total. The number of hydrogen-bond donors (Lipinski definition) is 3. The van der Waals surface area contributed by atoms with Gasteiger partial charge >= 0.3 is 0 Å². The van der Waals surface area contributed by atoms with Crippen molar-refractivity contribution in [3.63, 3.8) is 0 Å². The lowest BCUT2D eigenvalue weighted by Gasteiger charge is -2.13. The highest BCUT2D eigenvalue weighted by Gasteiger charge is 2.21. The molecular weight excluding hydrogens is 497 g/mol. The van der Waals surface area contributed by atoms with Gasteiger partial charge in [0.25, 0.3) is 0 Å². The van der Waals surface area contributed by atoms with E-state index in [0.29, 0.717) is 45.6 Å². The van der Waals surface area contributed by atoms with E-state index in [1.165, 1.54) is 35.2 Å². The molecule has 0 aliphatic carbocycles. The average Bonchev–Trinajstić information content (AvgIpc) is 3.33. The molecule has 3 aromatic heterocycles. The Balaban J connectivity index is 1.58. The number of anilines is 3. The number of halogens is 1. The number of pyridine rings is 2. The van der Waals surface area contributed by atoms with Crippen LogP contribution in [0, 0.1) is 28.5 Å². The number of thiazole rings is 1. The van der Waals surface area contributed by atoms with E-state index in [4.69, 9.17) is 10.8 Å². The number of nitrogens with two attached hydrogens (primary N) is 1. The van der Waals surface area contributed by atoms with Gasteiger partial charge in [-0.15, -0.1) is 11.3 Å². The molecule has 8 nitrogen and oxygen atoms in total. The average molecular weight is 518 g/mol. The number of hydrogen-bond acceptors (Lipinski definition) is 10. The number of nitrogens with one attached hydrogen (secondary N) is 1. The Hall–Kier alpha value is -4.03. The Morgan fingerprint density at radius 3 is 2.64 bits per heavy atom. The summed E-state index contributed by atoms with van der Waals surface area (Å²) in [6, 6.07) is 13.9. The number of nitrogens with zero attached hydrogens (tertiary/aromatic N) is 5. The van der Waals surface area contributed by atoms with Gasteiger partial charge in [0.05, 0.1) is 11.3 Å². The van der Waals surface area contributed by atoms with Crippen LogP contribution in [0.5, 0.6) is 0 Å². The van der Waals surface area contributed by atoms with Crippen LogP contribution in [-0.4, -0.2) is 26.7 Å². The summed E-state index contributed by atoms with van der Waals surface area (Å²) in [5.74, 6) is 0.100. The van der Waals surface area contributed by atoms with Crippen molar-refractivity contribution in [3.8, 4) is 23.3 Å². The van der Waals surface area contributed by atoms with Gasteiger partial charge in [0.2, 0.25) is 0 Å². The van der Waals surface area contributed by atoms with Crippen LogP contribution in [-0.2, 0) is 12.2 Å². The van der Waals surface area contributed by atoms with Crippen LogP contribution < -0.4 is 11.1 Å². The molecule has 0 unspecified atom stereocenters. The van der Waals surface area contributed by atoms with Gasteiger partial charge in [-0.2, -0.15) is 10.5 Å². The lowest BCUT2D eigenvalue weighted by atomic mass is 9.98. The molecule has 0 saturated carbocycles. The molecule has 3 heterocycles. The minimum atomic E-state index is -0.341. The fourth-order valence-electron chi connectivity index (χ4n) is 3.43. The number of aromatic nitrogens is 3. The van der Waals surface area contributed by atoms with Gasteiger partial charge in [-0.25, -0.2) is 14.4 Å². The molecule has 0 atom stereocenters. The number of thioether (sulfide) groups is 1. The molecule has 11 heteroatoms. The van der Waals surface area contributed by atoms with E-state index in [0.717, 1.165) is 11.4 Å². The highest BCUT2D eigenvalue weighted by molar-refractivity contribution is 7.98. The largest absolute Gasteiger partial charge is 0.396 e. The van der Waals surface area contributed by atoms with Crippen LogP contribution in [0.1, 0.15) is 28.9 Å². The molecule has 4 rings (SSSR count). The third kappa shape index (κ3) is 5.78. The van der Waals surface area contributed by atoms with Gasteiger partial charge in [0.1, 0.15) is 34.4 Å². The quantitative estimate of drug-likeness (QED) is 0.260. The summed E-state index contributed by atoms with van der Waals surface area (Å²) < 4.78 is 13.4. The molecule has 0 fully saturated rings. The molecule has 180 valence electrons. The van der Waals surface area contributed by atoms with Crippen molar-refractivity contribution in [2.24, 2.45) is 0 Å². The fraction of sp³-hybridized carbons (Fsp3) is 0.160. The minimum Gasteiger partial charge on any atom is -0.396 e. The first-order chi connectivity index (χ1) is 17.5. The van der Waals surface area contributed by atoms with E-state index >= 15 is 0 Å². The minimum absolute atomic E-state index is 0.0325. The van der Waals surface area contributed by atoms with Gasteiger partial charge in [0.15, 0.2) is 5.13 Å². The zero-order chi connectivity index (χ0) is 25.5. The number of rotatable bonds is 9. The number of aliphatic hydroxyl groups excluding tert-OH is 1. The van der Waals surface area contributed by atoms with E-state index in [1.807, 2.05) is 5.38 Å². The summed E-state index contributed by atoms with van der Waals surface area (Å²) in [7, 11) is 0. The van der Waals surface area contributed by atoms with Crippen LogP contribution in [0.3, 0.4) is 0 Å². The Morgan fingerprint density at radius 2 is 1.94 bits per heavy atom. The maximum absolute atomic E-state index is 13.4. The zero-order valence-corrected chi connectivity index (χ0v) is 20.5. The number of nitriles is 2. The molecule has 0 saturated heterocycles. The second-order valence-electron chi connectivity index (χ2n) is 7.58. The topological polar surface area (TPSA) is 145 Å². The Kier molecular flexibility index (Phi) is 8.08. The summed E-state index contributed by atoms with van der Waals surface area (Å²) >= 11 is 2.66. The van der Waals surface area contributed by atoms with E-state index in [-0.39, 0.29) is 29.4 Å². The zero-order valence-electron chi connectivity index (χ0n) is 18.9. The van der Waals surface area contributed by atoms with Gasteiger partial charge in [-0.3, -0.25) is 4.98 Å². The monoisotopic (exact) mass is 517 g/mol. The standard InChI is InChI=1S/C25H20FN7OS2/c26-16-3-1-4-18(9-16)31-25-32-19(14-36-25)13-35-24-21(11-28)22(20(10-27)23(29)33-24)15-6-7-17(30-12-15)5-2-8-34/h1,3-4,6-7,9,12,14,34H,2,5,8,13H2,(H2,29,33)(H,31,32). The third-order valence-corrected chi connectivity index (χ3v) is 6.92. The van der Waals surface area contributed by atoms with Crippen molar-refractivity contribution in [2.45, 2.75) is 23.6 Å². The number of benzene rings is 1. The molecule has 0 amide bonds. The third-order valence-electron chi connectivity index (χ3n) is 5.10. The summed E-state index contributed by atoms with van der Waals surface area (Å²) in [6.45, 7) is 0.0728. The van der Waals surface area contributed by atoms with Gasteiger partial charge in [0, 0.05) is 46.4 Å². The lowest BCUT2D eigenvalue weighted by molar-refractivity contribution is 0.288. The normalized spacial score (nSPS) is 10.6.